The van der Waals surface area contributed by atoms with Crippen molar-refractivity contribution in [1.82, 2.24) is 24.4 Å². The van der Waals surface area contributed by atoms with E-state index in [4.69, 9.17) is 24.4 Å². The van der Waals surface area contributed by atoms with Gasteiger partial charge in [0.05, 0.1) is 13.7 Å². The maximum atomic E-state index is 13.2. The van der Waals surface area contributed by atoms with Crippen molar-refractivity contribution in [3.63, 3.8) is 0 Å². The first-order valence-electron chi connectivity index (χ1n) is 11.0. The number of anilines is 1. The Morgan fingerprint density at radius 1 is 1.19 bits per heavy atom. The lowest BCUT2D eigenvalue weighted by Crippen LogP contribution is -2.44. The summed E-state index contributed by atoms with van der Waals surface area (Å²) in [5, 5.41) is 10.5. The summed E-state index contributed by atoms with van der Waals surface area (Å²) < 4.78 is 46.2. The zero-order valence-electron chi connectivity index (χ0n) is 20.3. The molecular weight excluding hydrogens is 497 g/mol. The molecule has 0 bridgehead atoms. The fourth-order valence-corrected chi connectivity index (χ4v) is 3.44. The van der Waals surface area contributed by atoms with E-state index in [0.717, 1.165) is 26.2 Å². The van der Waals surface area contributed by atoms with Crippen molar-refractivity contribution in [3.8, 4) is 29.4 Å². The molecule has 1 fully saturated rings. The molecule has 0 aliphatic carbocycles. The summed E-state index contributed by atoms with van der Waals surface area (Å²) in [6.45, 7) is 5.46. The number of para-hydroxylation sites is 2. The summed E-state index contributed by atoms with van der Waals surface area (Å²) in [7, 11) is 3.20. The van der Waals surface area contributed by atoms with Crippen LogP contribution >= 0.6 is 0 Å². The second-order valence-corrected chi connectivity index (χ2v) is 7.65. The van der Waals surface area contributed by atoms with Crippen molar-refractivity contribution in [2.75, 3.05) is 38.2 Å². The number of hydrogen-bond acceptors (Lipinski definition) is 8. The van der Waals surface area contributed by atoms with Gasteiger partial charge in [-0.1, -0.05) is 18.1 Å². The molecule has 3 heterocycles. The zero-order valence-corrected chi connectivity index (χ0v) is 20.3. The van der Waals surface area contributed by atoms with Gasteiger partial charge in [-0.05, 0) is 19.1 Å². The van der Waals surface area contributed by atoms with Crippen LogP contribution in [0.15, 0.2) is 29.1 Å². The summed E-state index contributed by atoms with van der Waals surface area (Å²) >= 11 is 0. The van der Waals surface area contributed by atoms with Crippen molar-refractivity contribution in [2.24, 2.45) is 7.05 Å². The van der Waals surface area contributed by atoms with Gasteiger partial charge >= 0.3 is 18.2 Å². The Hall–Kier alpha value is -4.25. The number of piperazine rings is 1. The number of alkyl halides is 3. The van der Waals surface area contributed by atoms with Crippen molar-refractivity contribution in [3.05, 3.63) is 34.6 Å². The van der Waals surface area contributed by atoms with Crippen molar-refractivity contribution in [2.45, 2.75) is 19.6 Å². The van der Waals surface area contributed by atoms with Crippen LogP contribution in [0.5, 0.6) is 17.5 Å². The first-order chi connectivity index (χ1) is 17.6. The molecule has 37 heavy (non-hydrogen) atoms. The highest BCUT2D eigenvalue weighted by Crippen LogP contribution is 2.30. The van der Waals surface area contributed by atoms with Crippen LogP contribution in [0.25, 0.3) is 11.2 Å². The lowest BCUT2D eigenvalue weighted by atomic mass is 10.3. The van der Waals surface area contributed by atoms with Crippen LogP contribution in [0, 0.1) is 11.8 Å². The molecule has 198 valence electrons. The van der Waals surface area contributed by atoms with E-state index in [1.165, 1.54) is 4.57 Å². The Balaban J connectivity index is 0.000000479. The topological polar surface area (TPSA) is 124 Å². The van der Waals surface area contributed by atoms with Gasteiger partial charge in [-0.15, -0.1) is 5.92 Å². The third kappa shape index (κ3) is 6.31. The van der Waals surface area contributed by atoms with Crippen molar-refractivity contribution >= 4 is 23.1 Å². The lowest BCUT2D eigenvalue weighted by Gasteiger charge is -2.28. The molecule has 2 aromatic heterocycles. The maximum absolute atomic E-state index is 13.2. The fourth-order valence-electron chi connectivity index (χ4n) is 3.44. The highest BCUT2D eigenvalue weighted by molar-refractivity contribution is 5.75. The molecule has 11 nitrogen and oxygen atoms in total. The minimum Gasteiger partial charge on any atom is -0.493 e. The highest BCUT2D eigenvalue weighted by atomic mass is 19.4. The van der Waals surface area contributed by atoms with E-state index in [-0.39, 0.29) is 11.6 Å². The monoisotopic (exact) mass is 522 g/mol. The number of methoxy groups -OCH3 is 1. The zero-order chi connectivity index (χ0) is 27.2. The van der Waals surface area contributed by atoms with Gasteiger partial charge in [0.1, 0.15) is 0 Å². The second kappa shape index (κ2) is 11.7. The normalized spacial score (nSPS) is 13.3. The lowest BCUT2D eigenvalue weighted by molar-refractivity contribution is -0.192. The minimum absolute atomic E-state index is 0.148. The molecule has 0 unspecified atom stereocenters. The molecular formula is C23H25F3N6O5. The van der Waals surface area contributed by atoms with Gasteiger partial charge in [-0.3, -0.25) is 13.9 Å². The summed E-state index contributed by atoms with van der Waals surface area (Å²) in [5.74, 6) is 4.91. The van der Waals surface area contributed by atoms with Gasteiger partial charge in [0.15, 0.2) is 22.7 Å². The average Bonchev–Trinajstić information content (AvgIpc) is 3.24. The van der Waals surface area contributed by atoms with E-state index in [1.807, 2.05) is 16.7 Å². The number of benzene rings is 1. The first kappa shape index (κ1) is 27.3. The van der Waals surface area contributed by atoms with Crippen LogP contribution in [0.4, 0.5) is 19.1 Å². The molecule has 0 saturated carbocycles. The quantitative estimate of drug-likeness (QED) is 0.484. The number of fused-ring (bicyclic) bond motifs is 1. The maximum Gasteiger partial charge on any atom is 0.490 e. The molecule has 14 heteroatoms. The smallest absolute Gasteiger partial charge is 0.490 e. The molecule has 0 atom stereocenters. The van der Waals surface area contributed by atoms with Gasteiger partial charge in [0.25, 0.3) is 5.56 Å². The van der Waals surface area contributed by atoms with Crippen LogP contribution in [-0.2, 0) is 18.4 Å². The number of carbonyl (C=O) groups is 1. The Labute approximate surface area is 209 Å². The Bertz CT molecular complexity index is 1380. The van der Waals surface area contributed by atoms with Gasteiger partial charge in [-0.2, -0.15) is 23.1 Å². The number of nitrogens with one attached hydrogen (secondary N) is 1. The third-order valence-electron chi connectivity index (χ3n) is 5.25. The number of rotatable bonds is 5. The number of aromatic nitrogens is 4. The second-order valence-electron chi connectivity index (χ2n) is 7.65. The largest absolute Gasteiger partial charge is 0.493 e. The predicted molar refractivity (Wildman–Crippen MR) is 128 cm³/mol. The molecule has 1 saturated heterocycles. The van der Waals surface area contributed by atoms with Crippen LogP contribution in [0.3, 0.4) is 0 Å². The molecule has 2 N–H and O–H groups in total. The number of ether oxygens (including phenoxy) is 2. The van der Waals surface area contributed by atoms with Gasteiger partial charge < -0.3 is 24.8 Å². The third-order valence-corrected chi connectivity index (χ3v) is 5.25. The molecule has 0 spiro atoms. The molecule has 4 rings (SSSR count). The Morgan fingerprint density at radius 3 is 2.38 bits per heavy atom. The van der Waals surface area contributed by atoms with Gasteiger partial charge in [-0.25, -0.2) is 4.79 Å². The molecule has 0 radical (unpaired) electrons. The predicted octanol–water partition coefficient (Wildman–Crippen LogP) is 2.00. The summed E-state index contributed by atoms with van der Waals surface area (Å²) in [6.07, 6.45) is -5.08. The number of carboxylic acids is 1. The van der Waals surface area contributed by atoms with E-state index < -0.39 is 12.1 Å². The Morgan fingerprint density at radius 2 is 1.81 bits per heavy atom. The number of aliphatic carboxylic acids is 1. The molecule has 1 aliphatic heterocycles. The average molecular weight is 522 g/mol. The van der Waals surface area contributed by atoms with Crippen LogP contribution in [-0.4, -0.2) is 69.6 Å². The number of hydrogen-bond donors (Lipinski definition) is 2. The van der Waals surface area contributed by atoms with Crippen molar-refractivity contribution in [1.29, 1.82) is 0 Å². The number of halogens is 3. The number of imidazole rings is 1. The van der Waals surface area contributed by atoms with E-state index in [0.29, 0.717) is 35.2 Å². The highest BCUT2D eigenvalue weighted by Gasteiger charge is 2.38. The molecule has 1 aromatic carbocycles. The van der Waals surface area contributed by atoms with E-state index >= 15 is 0 Å². The van der Waals surface area contributed by atoms with Crippen molar-refractivity contribution < 1.29 is 32.5 Å². The fraction of sp³-hybridized carbons (Fsp3) is 0.391. The molecule has 1 aliphatic rings. The number of nitrogens with zero attached hydrogens (tertiary/aromatic N) is 5. The van der Waals surface area contributed by atoms with Gasteiger partial charge in [0, 0.05) is 33.2 Å². The van der Waals surface area contributed by atoms with Crippen LogP contribution in [0.1, 0.15) is 6.92 Å². The summed E-state index contributed by atoms with van der Waals surface area (Å²) in [6, 6.07) is 7.37. The summed E-state index contributed by atoms with van der Waals surface area (Å²) in [4.78, 5) is 33.5. The van der Waals surface area contributed by atoms with E-state index in [9.17, 15) is 18.0 Å². The number of carboxylic acid groups (broad SMARTS) is 1. The van der Waals surface area contributed by atoms with E-state index in [1.54, 1.807) is 33.2 Å². The summed E-state index contributed by atoms with van der Waals surface area (Å²) in [5.41, 5.74) is 0.521. The minimum atomic E-state index is -5.08. The SMILES string of the molecule is CC#CCn1c(N2CCNCC2)nc2nc(Oc3ccccc3OC)n(C)c(=O)c21.O=C(O)C(F)(F)F. The first-order valence-corrected chi connectivity index (χ1v) is 11.0. The standard InChI is InChI=1S/C21H24N6O3.C2HF3O2/c1-4-5-12-27-17-18(23-20(27)26-13-10-22-11-14-26)24-21(25(2)19(17)28)30-16-9-7-6-8-15(16)29-3;3-2(4,5)1(6)7/h6-9,22H,10-14H2,1-3H3;(H,6,7). The van der Waals surface area contributed by atoms with Gasteiger partial charge in [0.2, 0.25) is 5.95 Å². The molecule has 0 amide bonds. The Kier molecular flexibility index (Phi) is 8.61. The van der Waals surface area contributed by atoms with Crippen LogP contribution < -0.4 is 25.2 Å². The van der Waals surface area contributed by atoms with E-state index in [2.05, 4.69) is 27.0 Å². The molecule has 3 aromatic rings. The van der Waals surface area contributed by atoms with Crippen LogP contribution in [0.2, 0.25) is 0 Å².